The Labute approximate surface area is 140 Å². The van der Waals surface area contributed by atoms with Gasteiger partial charge in [-0.25, -0.2) is 19.3 Å². The van der Waals surface area contributed by atoms with Gasteiger partial charge >= 0.3 is 11.9 Å². The van der Waals surface area contributed by atoms with Crippen molar-refractivity contribution in [2.75, 3.05) is 13.2 Å². The topological polar surface area (TPSA) is 94.8 Å². The van der Waals surface area contributed by atoms with Crippen molar-refractivity contribution in [1.29, 1.82) is 0 Å². The number of aliphatic imine (C=N–C) groups is 1. The first-order valence-corrected chi connectivity index (χ1v) is 7.87. The van der Waals surface area contributed by atoms with E-state index in [1.165, 1.54) is 6.20 Å². The first kappa shape index (κ1) is 17.7. The second-order valence-electron chi connectivity index (χ2n) is 5.32. The smallest absolute Gasteiger partial charge is 0.347 e. The fourth-order valence-corrected chi connectivity index (χ4v) is 2.35. The van der Waals surface area contributed by atoms with E-state index < -0.39 is 11.9 Å². The zero-order valence-corrected chi connectivity index (χ0v) is 14.3. The molecular formula is C16H22N4O4. The number of esters is 2. The van der Waals surface area contributed by atoms with Crippen molar-refractivity contribution in [2.24, 2.45) is 4.99 Å². The zero-order valence-electron chi connectivity index (χ0n) is 14.3. The van der Waals surface area contributed by atoms with E-state index in [0.717, 1.165) is 17.2 Å². The highest BCUT2D eigenvalue weighted by Crippen LogP contribution is 2.26. The highest BCUT2D eigenvalue weighted by molar-refractivity contribution is 6.13. The van der Waals surface area contributed by atoms with Crippen molar-refractivity contribution < 1.29 is 19.1 Å². The molecule has 8 nitrogen and oxygen atoms in total. The van der Waals surface area contributed by atoms with Crippen LogP contribution in [-0.2, 0) is 19.1 Å². The largest absolute Gasteiger partial charge is 0.462 e. The van der Waals surface area contributed by atoms with E-state index in [1.807, 2.05) is 19.9 Å². The number of ether oxygens (including phenoxy) is 2. The predicted molar refractivity (Wildman–Crippen MR) is 87.9 cm³/mol. The summed E-state index contributed by atoms with van der Waals surface area (Å²) in [6, 6.07) is 1.87. The molecule has 0 spiro atoms. The lowest BCUT2D eigenvalue weighted by Crippen LogP contribution is -2.30. The van der Waals surface area contributed by atoms with Gasteiger partial charge in [-0.1, -0.05) is 0 Å². The summed E-state index contributed by atoms with van der Waals surface area (Å²) >= 11 is 0. The van der Waals surface area contributed by atoms with Gasteiger partial charge in [-0.3, -0.25) is 0 Å². The normalized spacial score (nSPS) is 15.8. The molecule has 1 aromatic heterocycles. The molecule has 1 aliphatic rings. The van der Waals surface area contributed by atoms with Crippen molar-refractivity contribution in [3.05, 3.63) is 23.5 Å². The maximum absolute atomic E-state index is 12.0. The van der Waals surface area contributed by atoms with Gasteiger partial charge in [0.05, 0.1) is 18.9 Å². The summed E-state index contributed by atoms with van der Waals surface area (Å²) in [6.45, 7) is 7.50. The summed E-state index contributed by atoms with van der Waals surface area (Å²) in [5.41, 5.74) is 1.60. The van der Waals surface area contributed by atoms with Crippen LogP contribution in [0.5, 0.6) is 0 Å². The molecule has 2 rings (SSSR count). The molecule has 0 fully saturated rings. The number of rotatable bonds is 6. The average molecular weight is 334 g/mol. The van der Waals surface area contributed by atoms with Crippen LogP contribution in [0.25, 0.3) is 0 Å². The predicted octanol–water partition coefficient (Wildman–Crippen LogP) is 1.79. The van der Waals surface area contributed by atoms with Crippen molar-refractivity contribution in [1.82, 2.24) is 15.1 Å². The van der Waals surface area contributed by atoms with Crippen LogP contribution >= 0.6 is 0 Å². The van der Waals surface area contributed by atoms with Gasteiger partial charge < -0.3 is 14.8 Å². The van der Waals surface area contributed by atoms with Gasteiger partial charge in [0.25, 0.3) is 0 Å². The Bertz CT molecular complexity index is 670. The number of fused-ring (bicyclic) bond motifs is 1. The molecule has 8 heteroatoms. The Hall–Kier alpha value is -2.64. The van der Waals surface area contributed by atoms with E-state index >= 15 is 0 Å². The van der Waals surface area contributed by atoms with Gasteiger partial charge in [-0.05, 0) is 27.7 Å². The second-order valence-corrected chi connectivity index (χ2v) is 5.32. The van der Waals surface area contributed by atoms with Crippen molar-refractivity contribution in [3.8, 4) is 0 Å². The van der Waals surface area contributed by atoms with E-state index in [0.29, 0.717) is 6.42 Å². The van der Waals surface area contributed by atoms with E-state index in [4.69, 9.17) is 9.47 Å². The number of hydrogen-bond donors (Lipinski definition) is 1. The third-order valence-corrected chi connectivity index (χ3v) is 3.34. The van der Waals surface area contributed by atoms with Crippen molar-refractivity contribution >= 4 is 23.5 Å². The lowest BCUT2D eigenvalue weighted by atomic mass is 10.2. The maximum Gasteiger partial charge on any atom is 0.347 e. The minimum Gasteiger partial charge on any atom is -0.462 e. The van der Waals surface area contributed by atoms with Crippen LogP contribution in [0, 0.1) is 6.92 Å². The monoisotopic (exact) mass is 334 g/mol. The fraction of sp³-hybridized carbons (Fsp3) is 0.500. The van der Waals surface area contributed by atoms with Crippen molar-refractivity contribution in [3.63, 3.8) is 0 Å². The molecule has 0 saturated carbocycles. The summed E-state index contributed by atoms with van der Waals surface area (Å²) in [5, 5.41) is 7.45. The maximum atomic E-state index is 12.0. The molecule has 1 atom stereocenters. The Morgan fingerprint density at radius 3 is 2.50 bits per heavy atom. The van der Waals surface area contributed by atoms with Crippen LogP contribution in [0.1, 0.15) is 39.1 Å². The highest BCUT2D eigenvalue weighted by Gasteiger charge is 2.24. The van der Waals surface area contributed by atoms with Crippen LogP contribution in [0.4, 0.5) is 5.82 Å². The molecule has 0 aliphatic carbocycles. The van der Waals surface area contributed by atoms with E-state index in [2.05, 4.69) is 15.4 Å². The number of nitrogens with zero attached hydrogens (tertiary/aromatic N) is 3. The number of hydrogen-bond acceptors (Lipinski definition) is 7. The molecule has 130 valence electrons. The lowest BCUT2D eigenvalue weighted by molar-refractivity contribution is -0.146. The summed E-state index contributed by atoms with van der Waals surface area (Å²) in [6.07, 6.45) is 1.69. The molecule has 1 unspecified atom stereocenters. The third-order valence-electron chi connectivity index (χ3n) is 3.34. The van der Waals surface area contributed by atoms with Gasteiger partial charge in [0.15, 0.2) is 11.4 Å². The zero-order chi connectivity index (χ0) is 17.7. The summed E-state index contributed by atoms with van der Waals surface area (Å²) in [5.74, 6) is -0.709. The molecule has 1 N–H and O–H groups in total. The minimum atomic E-state index is -0.721. The number of nitrogens with one attached hydrogen (secondary N) is 1. The van der Waals surface area contributed by atoms with E-state index in [-0.39, 0.29) is 25.0 Å². The van der Waals surface area contributed by atoms with Crippen molar-refractivity contribution in [2.45, 2.75) is 40.3 Å². The number of aromatic nitrogens is 2. The Morgan fingerprint density at radius 1 is 1.29 bits per heavy atom. The van der Waals surface area contributed by atoms with Crippen LogP contribution in [-0.4, -0.2) is 40.6 Å². The number of carbonyl (C=O) groups excluding carboxylic acids is 2. The fourth-order valence-electron chi connectivity index (χ4n) is 2.35. The third kappa shape index (κ3) is 4.01. The van der Waals surface area contributed by atoms with Crippen LogP contribution in [0.15, 0.2) is 22.8 Å². The molecular weight excluding hydrogens is 312 g/mol. The summed E-state index contributed by atoms with van der Waals surface area (Å²) in [4.78, 5) is 28.4. The SMILES string of the molecule is CCOC(=O)C(=CNC1CC(C)=Nc2cc(C)nn21)C(=O)OCC. The second kappa shape index (κ2) is 7.76. The van der Waals surface area contributed by atoms with Gasteiger partial charge in [0.2, 0.25) is 0 Å². The van der Waals surface area contributed by atoms with Crippen LogP contribution in [0.2, 0.25) is 0 Å². The van der Waals surface area contributed by atoms with Gasteiger partial charge in [-0.15, -0.1) is 0 Å². The molecule has 0 aromatic carbocycles. The first-order valence-electron chi connectivity index (χ1n) is 7.87. The first-order chi connectivity index (χ1) is 11.5. The quantitative estimate of drug-likeness (QED) is 0.369. The molecule has 1 aromatic rings. The molecule has 1 aliphatic heterocycles. The van der Waals surface area contributed by atoms with E-state index in [1.54, 1.807) is 18.5 Å². The van der Waals surface area contributed by atoms with Crippen LogP contribution in [0.3, 0.4) is 0 Å². The minimum absolute atomic E-state index is 0.174. The molecule has 0 radical (unpaired) electrons. The van der Waals surface area contributed by atoms with Gasteiger partial charge in [0.1, 0.15) is 6.17 Å². The van der Waals surface area contributed by atoms with Crippen LogP contribution < -0.4 is 5.32 Å². The highest BCUT2D eigenvalue weighted by atomic mass is 16.6. The summed E-state index contributed by atoms with van der Waals surface area (Å²) in [7, 11) is 0. The average Bonchev–Trinajstić information content (AvgIpc) is 2.88. The molecule has 0 amide bonds. The Morgan fingerprint density at radius 2 is 1.92 bits per heavy atom. The standard InChI is InChI=1S/C16H22N4O4/c1-5-23-15(21)12(16(22)24-6-2)9-17-13-7-10(3)18-14-8-11(4)19-20(13)14/h8-9,13,17H,5-7H2,1-4H3. The Kier molecular flexibility index (Phi) is 5.73. The Balaban J connectivity index is 2.23. The summed E-state index contributed by atoms with van der Waals surface area (Å²) < 4.78 is 11.6. The lowest BCUT2D eigenvalue weighted by Gasteiger charge is -2.23. The number of carbonyl (C=O) groups is 2. The molecule has 2 heterocycles. The molecule has 0 bridgehead atoms. The molecule has 0 saturated heterocycles. The van der Waals surface area contributed by atoms with E-state index in [9.17, 15) is 9.59 Å². The molecule has 24 heavy (non-hydrogen) atoms. The van der Waals surface area contributed by atoms with Gasteiger partial charge in [0, 0.05) is 24.4 Å². The number of aryl methyl sites for hydroxylation is 1. The van der Waals surface area contributed by atoms with Gasteiger partial charge in [-0.2, -0.15) is 5.10 Å².